The summed E-state index contributed by atoms with van der Waals surface area (Å²) in [7, 11) is 1.25. The first kappa shape index (κ1) is 27.6. The fourth-order valence-corrected chi connectivity index (χ4v) is 4.79. The van der Waals surface area contributed by atoms with Gasteiger partial charge in [0.05, 0.1) is 6.26 Å². The van der Waals surface area contributed by atoms with E-state index < -0.39 is 48.1 Å². The Morgan fingerprint density at radius 2 is 2.03 bits per heavy atom. The predicted octanol–water partition coefficient (Wildman–Crippen LogP) is 0.469. The van der Waals surface area contributed by atoms with E-state index in [1.165, 1.54) is 31.2 Å². The second kappa shape index (κ2) is 12.3. The molecule has 1 fully saturated rings. The van der Waals surface area contributed by atoms with Crippen molar-refractivity contribution in [1.82, 2.24) is 10.2 Å². The van der Waals surface area contributed by atoms with Crippen LogP contribution in [0.3, 0.4) is 0 Å². The van der Waals surface area contributed by atoms with E-state index in [2.05, 4.69) is 10.5 Å². The van der Waals surface area contributed by atoms with Gasteiger partial charge in [-0.3, -0.25) is 19.3 Å². The molecule has 0 unspecified atom stereocenters. The monoisotopic (exact) mass is 538 g/mol. The average Bonchev–Trinajstić information content (AvgIpc) is 3.37. The molecule has 15 heteroatoms. The Kier molecular flexibility index (Phi) is 9.16. The molecule has 0 aliphatic carbocycles. The molecular weight excluding hydrogens is 512 g/mol. The van der Waals surface area contributed by atoms with Crippen LogP contribution in [0.25, 0.3) is 0 Å². The molecule has 2 aliphatic rings. The number of β-lactam (4-membered cyclic amide) rings is 1. The van der Waals surface area contributed by atoms with E-state index in [0.717, 1.165) is 4.90 Å². The lowest BCUT2D eigenvalue weighted by Gasteiger charge is -2.49. The molecule has 37 heavy (non-hydrogen) atoms. The van der Waals surface area contributed by atoms with E-state index >= 15 is 0 Å². The molecule has 1 aromatic rings. The number of carbonyl (C=O) groups excluding carboxylic acids is 5. The maximum absolute atomic E-state index is 13.0. The Labute approximate surface area is 215 Å². The van der Waals surface area contributed by atoms with Gasteiger partial charge in [-0.05, 0) is 18.1 Å². The third-order valence-corrected chi connectivity index (χ3v) is 6.39. The van der Waals surface area contributed by atoms with Gasteiger partial charge in [-0.15, -0.1) is 11.8 Å². The summed E-state index contributed by atoms with van der Waals surface area (Å²) in [5, 5.41) is 5.55. The first-order chi connectivity index (χ1) is 17.6. The highest BCUT2D eigenvalue weighted by Gasteiger charge is 2.55. The van der Waals surface area contributed by atoms with Gasteiger partial charge in [0.25, 0.3) is 11.8 Å². The van der Waals surface area contributed by atoms with Gasteiger partial charge in [-0.1, -0.05) is 19.0 Å². The summed E-state index contributed by atoms with van der Waals surface area (Å²) in [4.78, 5) is 67.4. The van der Waals surface area contributed by atoms with Crippen molar-refractivity contribution < 1.29 is 47.4 Å². The van der Waals surface area contributed by atoms with Gasteiger partial charge < -0.3 is 34.5 Å². The highest BCUT2D eigenvalue weighted by atomic mass is 32.2. The molecule has 14 nitrogen and oxygen atoms in total. The maximum Gasteiger partial charge on any atom is 0.404 e. The second-order valence-corrected chi connectivity index (χ2v) is 9.29. The zero-order chi connectivity index (χ0) is 27.1. The van der Waals surface area contributed by atoms with E-state index in [4.69, 9.17) is 29.2 Å². The van der Waals surface area contributed by atoms with E-state index in [1.807, 2.05) is 13.8 Å². The number of rotatable bonds is 11. The summed E-state index contributed by atoms with van der Waals surface area (Å²) < 4.78 is 20.0. The van der Waals surface area contributed by atoms with Gasteiger partial charge in [0.15, 0.2) is 5.76 Å². The number of nitrogens with one attached hydrogen (secondary N) is 1. The van der Waals surface area contributed by atoms with Crippen LogP contribution in [0.1, 0.15) is 26.0 Å². The number of furan rings is 1. The Morgan fingerprint density at radius 3 is 2.65 bits per heavy atom. The number of nitrogens with two attached hydrogens (primary N) is 1. The van der Waals surface area contributed by atoms with Crippen molar-refractivity contribution in [3.63, 3.8) is 0 Å². The molecule has 0 bridgehead atoms. The Bertz CT molecular complexity index is 1110. The molecule has 3 N–H and O–H groups in total. The Morgan fingerprint density at radius 1 is 1.27 bits per heavy atom. The molecule has 1 saturated heterocycles. The summed E-state index contributed by atoms with van der Waals surface area (Å²) >= 11 is 1.22. The van der Waals surface area contributed by atoms with Crippen LogP contribution in [0, 0.1) is 5.92 Å². The minimum atomic E-state index is -1.07. The molecule has 0 aromatic carbocycles. The van der Waals surface area contributed by atoms with Crippen LogP contribution in [-0.4, -0.2) is 78.1 Å². The highest BCUT2D eigenvalue weighted by molar-refractivity contribution is 8.00. The summed E-state index contributed by atoms with van der Waals surface area (Å²) in [5.74, 6) is -2.55. The molecule has 0 radical (unpaired) electrons. The summed E-state index contributed by atoms with van der Waals surface area (Å²) in [6.45, 7) is 2.62. The van der Waals surface area contributed by atoms with E-state index in [1.54, 1.807) is 6.07 Å². The number of hydrogen-bond donors (Lipinski definition) is 2. The van der Waals surface area contributed by atoms with Crippen LogP contribution < -0.4 is 11.1 Å². The van der Waals surface area contributed by atoms with Gasteiger partial charge in [-0.2, -0.15) is 0 Å². The van der Waals surface area contributed by atoms with E-state index in [0.29, 0.717) is 0 Å². The lowest BCUT2D eigenvalue weighted by atomic mass is 10.0. The van der Waals surface area contributed by atoms with Crippen molar-refractivity contribution in [2.75, 3.05) is 26.3 Å². The SMILES string of the molecule is CO/N=C(\C(=O)N[C@@H]1C(=O)N2C(C(=O)OCOC(=O)CC(C)C)=C(COC(N)=O)CS[C@H]12)c1ccco1. The molecule has 3 heterocycles. The largest absolute Gasteiger partial charge is 0.462 e. The smallest absolute Gasteiger partial charge is 0.404 e. The molecule has 3 rings (SSSR count). The lowest BCUT2D eigenvalue weighted by molar-refractivity contribution is -0.168. The van der Waals surface area contributed by atoms with Crippen LogP contribution in [0.2, 0.25) is 0 Å². The highest BCUT2D eigenvalue weighted by Crippen LogP contribution is 2.40. The number of nitrogens with zero attached hydrogens (tertiary/aromatic N) is 2. The van der Waals surface area contributed by atoms with Crippen molar-refractivity contribution in [2.24, 2.45) is 16.8 Å². The van der Waals surface area contributed by atoms with Gasteiger partial charge in [0.2, 0.25) is 12.5 Å². The maximum atomic E-state index is 13.0. The second-order valence-electron chi connectivity index (χ2n) is 8.18. The molecule has 2 aliphatic heterocycles. The average molecular weight is 539 g/mol. The Balaban J connectivity index is 1.74. The Hall–Kier alpha value is -4.01. The number of carbonyl (C=O) groups is 5. The molecule has 0 saturated carbocycles. The summed E-state index contributed by atoms with van der Waals surface area (Å²) in [5.41, 5.74) is 4.92. The predicted molar refractivity (Wildman–Crippen MR) is 126 cm³/mol. The molecule has 200 valence electrons. The minimum Gasteiger partial charge on any atom is -0.462 e. The number of amides is 3. The number of esters is 2. The molecular formula is C22H26N4O10S. The first-order valence-electron chi connectivity index (χ1n) is 11.0. The number of ether oxygens (including phenoxy) is 3. The first-order valence-corrected chi connectivity index (χ1v) is 12.1. The standard InChI is InChI=1S/C22H26N4O10S/c1-11(2)7-14(27)35-10-36-21(30)17-12(8-34-22(23)31)9-37-20-16(19(29)26(17)20)24-18(28)15(25-32-3)13-5-4-6-33-13/h4-6,11,16,20H,7-10H2,1-3H3,(H2,23,31)(H,24,28)/b25-15-/t16-,20-/m1/s1. The van der Waals surface area contributed by atoms with Crippen molar-refractivity contribution in [3.8, 4) is 0 Å². The van der Waals surface area contributed by atoms with Crippen molar-refractivity contribution in [2.45, 2.75) is 31.7 Å². The van der Waals surface area contributed by atoms with Crippen LogP contribution in [-0.2, 0) is 38.2 Å². The van der Waals surface area contributed by atoms with Crippen LogP contribution in [0.15, 0.2) is 39.2 Å². The van der Waals surface area contributed by atoms with Gasteiger partial charge in [0.1, 0.15) is 30.8 Å². The number of hydrogen-bond acceptors (Lipinski definition) is 12. The number of fused-ring (bicyclic) bond motifs is 1. The van der Waals surface area contributed by atoms with Crippen molar-refractivity contribution in [3.05, 3.63) is 35.4 Å². The third-order valence-electron chi connectivity index (χ3n) is 5.05. The fraction of sp³-hybridized carbons (Fsp3) is 0.455. The number of primary amides is 1. The summed E-state index contributed by atoms with van der Waals surface area (Å²) in [6.07, 6.45) is 0.409. The van der Waals surface area contributed by atoms with E-state index in [9.17, 15) is 24.0 Å². The van der Waals surface area contributed by atoms with Gasteiger partial charge in [-0.25, -0.2) is 9.59 Å². The molecule has 2 atom stereocenters. The minimum absolute atomic E-state index is 0.0488. The number of oxime groups is 1. The van der Waals surface area contributed by atoms with Crippen LogP contribution in [0.5, 0.6) is 0 Å². The fourth-order valence-electron chi connectivity index (χ4n) is 3.46. The molecule has 0 spiro atoms. The zero-order valence-corrected chi connectivity index (χ0v) is 21.1. The lowest BCUT2D eigenvalue weighted by Crippen LogP contribution is -2.71. The van der Waals surface area contributed by atoms with Crippen LogP contribution in [0.4, 0.5) is 4.79 Å². The van der Waals surface area contributed by atoms with Gasteiger partial charge in [0, 0.05) is 17.7 Å². The normalized spacial score (nSPS) is 19.1. The zero-order valence-electron chi connectivity index (χ0n) is 20.3. The number of thioether (sulfide) groups is 1. The third kappa shape index (κ3) is 6.61. The molecule has 1 aromatic heterocycles. The van der Waals surface area contributed by atoms with E-state index in [-0.39, 0.29) is 47.4 Å². The van der Waals surface area contributed by atoms with Gasteiger partial charge >= 0.3 is 18.0 Å². The topological polar surface area (TPSA) is 189 Å². The molecule has 3 amide bonds. The summed E-state index contributed by atoms with van der Waals surface area (Å²) in [6, 6.07) is 2.04. The van der Waals surface area contributed by atoms with Crippen molar-refractivity contribution >= 4 is 47.3 Å². The van der Waals surface area contributed by atoms with Crippen molar-refractivity contribution in [1.29, 1.82) is 0 Å². The quantitative estimate of drug-likeness (QED) is 0.131. The van der Waals surface area contributed by atoms with Crippen LogP contribution >= 0.6 is 11.8 Å².